The quantitative estimate of drug-likeness (QED) is 0.457. The fourth-order valence-corrected chi connectivity index (χ4v) is 2.65. The number of esters is 1. The highest BCUT2D eigenvalue weighted by Crippen LogP contribution is 2.42. The van der Waals surface area contributed by atoms with Crippen LogP contribution in [0, 0.1) is 17.5 Å². The Labute approximate surface area is 145 Å². The zero-order chi connectivity index (χ0) is 19.0. The molecule has 1 aromatic carbocycles. The Morgan fingerprint density at radius 1 is 1.16 bits per heavy atom. The van der Waals surface area contributed by atoms with Gasteiger partial charge in [-0.05, 0) is 46.2 Å². The summed E-state index contributed by atoms with van der Waals surface area (Å²) in [6.07, 6.45) is -0.329. The first kappa shape index (κ1) is 19.8. The smallest absolute Gasteiger partial charge is 0.466 e. The lowest BCUT2D eigenvalue weighted by molar-refractivity contribution is -0.143. The molecular weight excluding hydrogens is 336 g/mol. The maximum atomic E-state index is 14.3. The average Bonchev–Trinajstić information content (AvgIpc) is 2.69. The van der Waals surface area contributed by atoms with Gasteiger partial charge < -0.3 is 14.0 Å². The average molecular weight is 358 g/mol. The minimum absolute atomic E-state index is 0.134. The van der Waals surface area contributed by atoms with E-state index in [1.165, 1.54) is 0 Å². The van der Waals surface area contributed by atoms with Crippen LogP contribution in [-0.4, -0.2) is 30.9 Å². The Morgan fingerprint density at radius 3 is 2.24 bits per heavy atom. The van der Waals surface area contributed by atoms with Crippen LogP contribution in [0.15, 0.2) is 12.1 Å². The van der Waals surface area contributed by atoms with Crippen LogP contribution in [0.4, 0.5) is 13.2 Å². The van der Waals surface area contributed by atoms with Gasteiger partial charge in [-0.1, -0.05) is 0 Å². The molecule has 25 heavy (non-hydrogen) atoms. The fourth-order valence-electron chi connectivity index (χ4n) is 2.65. The number of rotatable bonds is 5. The molecule has 4 nitrogen and oxygen atoms in total. The topological polar surface area (TPSA) is 44.8 Å². The number of benzene rings is 1. The molecule has 8 heteroatoms. The Balaban J connectivity index is 2.43. The van der Waals surface area contributed by atoms with Crippen LogP contribution >= 0.6 is 0 Å². The van der Waals surface area contributed by atoms with Crippen molar-refractivity contribution in [2.75, 3.05) is 6.61 Å². The van der Waals surface area contributed by atoms with Crippen molar-refractivity contribution >= 4 is 13.1 Å². The molecule has 138 valence electrons. The van der Waals surface area contributed by atoms with Crippen LogP contribution in [0.1, 0.15) is 52.4 Å². The standard InChI is InChI=1S/C17H22BF3O4/c1-6-23-14(22)9-12(11-7-10(19)8-13(20)15(11)21)18-24-16(2,3)17(4,5)25-18/h7-8,12H,6,9H2,1-5H3. The van der Waals surface area contributed by atoms with Gasteiger partial charge in [0.15, 0.2) is 11.6 Å². The van der Waals surface area contributed by atoms with E-state index in [0.29, 0.717) is 6.07 Å². The third-order valence-corrected chi connectivity index (χ3v) is 4.71. The number of carbonyl (C=O) groups excluding carboxylic acids is 1. The van der Waals surface area contributed by atoms with Gasteiger partial charge in [-0.3, -0.25) is 4.79 Å². The molecule has 1 atom stereocenters. The number of ether oxygens (including phenoxy) is 1. The van der Waals surface area contributed by atoms with Gasteiger partial charge in [0, 0.05) is 11.9 Å². The number of carbonyl (C=O) groups is 1. The van der Waals surface area contributed by atoms with Crippen LogP contribution in [-0.2, 0) is 18.8 Å². The Bertz CT molecular complexity index is 648. The summed E-state index contributed by atoms with van der Waals surface area (Å²) < 4.78 is 58.2. The predicted molar refractivity (Wildman–Crippen MR) is 86.4 cm³/mol. The Morgan fingerprint density at radius 2 is 1.72 bits per heavy atom. The summed E-state index contributed by atoms with van der Waals surface area (Å²) in [6, 6.07) is 1.30. The molecule has 1 fully saturated rings. The highest BCUT2D eigenvalue weighted by molar-refractivity contribution is 6.48. The van der Waals surface area contributed by atoms with E-state index in [9.17, 15) is 18.0 Å². The Hall–Kier alpha value is -1.54. The van der Waals surface area contributed by atoms with E-state index in [0.717, 1.165) is 6.07 Å². The van der Waals surface area contributed by atoms with Gasteiger partial charge in [0.2, 0.25) is 0 Å². The highest BCUT2D eigenvalue weighted by atomic mass is 19.2. The molecule has 0 radical (unpaired) electrons. The maximum Gasteiger partial charge on any atom is 0.466 e. The van der Waals surface area contributed by atoms with E-state index < -0.39 is 47.6 Å². The lowest BCUT2D eigenvalue weighted by Crippen LogP contribution is -2.41. The second-order valence-corrected chi connectivity index (χ2v) is 7.03. The fraction of sp³-hybridized carbons (Fsp3) is 0.588. The van der Waals surface area contributed by atoms with E-state index in [2.05, 4.69) is 0 Å². The molecule has 0 bridgehead atoms. The molecule has 1 aliphatic heterocycles. The summed E-state index contributed by atoms with van der Waals surface area (Å²) in [6.45, 7) is 8.92. The van der Waals surface area contributed by atoms with E-state index in [1.807, 2.05) is 0 Å². The molecule has 2 rings (SSSR count). The molecule has 0 saturated carbocycles. The van der Waals surface area contributed by atoms with Crippen LogP contribution in [0.3, 0.4) is 0 Å². The molecular formula is C17H22BF3O4. The van der Waals surface area contributed by atoms with Crippen molar-refractivity contribution in [3.05, 3.63) is 35.1 Å². The van der Waals surface area contributed by atoms with Gasteiger partial charge in [-0.25, -0.2) is 13.2 Å². The van der Waals surface area contributed by atoms with Crippen LogP contribution in [0.2, 0.25) is 0 Å². The summed E-state index contributed by atoms with van der Waals surface area (Å²) >= 11 is 0. The molecule has 1 unspecified atom stereocenters. The summed E-state index contributed by atoms with van der Waals surface area (Å²) in [5, 5.41) is 0. The lowest BCUT2D eigenvalue weighted by Gasteiger charge is -2.32. The largest absolute Gasteiger partial charge is 0.466 e. The van der Waals surface area contributed by atoms with Crippen LogP contribution < -0.4 is 0 Å². The molecule has 0 aliphatic carbocycles. The van der Waals surface area contributed by atoms with Gasteiger partial charge in [0.05, 0.1) is 24.2 Å². The SMILES string of the molecule is CCOC(=O)CC(B1OC(C)(C)C(C)(C)O1)c1cc(F)cc(F)c1F. The van der Waals surface area contributed by atoms with Crippen molar-refractivity contribution in [3.8, 4) is 0 Å². The summed E-state index contributed by atoms with van der Waals surface area (Å²) in [5.41, 5.74) is -1.80. The van der Waals surface area contributed by atoms with Crippen molar-refractivity contribution in [1.29, 1.82) is 0 Å². The molecule has 1 aromatic rings. The molecule has 0 spiro atoms. The highest BCUT2D eigenvalue weighted by Gasteiger charge is 2.54. The third kappa shape index (κ3) is 4.01. The normalized spacial score (nSPS) is 19.8. The summed E-state index contributed by atoms with van der Waals surface area (Å²) in [4.78, 5) is 11.9. The van der Waals surface area contributed by atoms with Gasteiger partial charge >= 0.3 is 13.1 Å². The summed E-state index contributed by atoms with van der Waals surface area (Å²) in [5.74, 6) is -5.19. The lowest BCUT2D eigenvalue weighted by atomic mass is 9.66. The number of hydrogen-bond donors (Lipinski definition) is 0. The second kappa shape index (κ2) is 7.00. The van der Waals surface area contributed by atoms with Crippen LogP contribution in [0.25, 0.3) is 0 Å². The predicted octanol–water partition coefficient (Wildman–Crippen LogP) is 3.77. The van der Waals surface area contributed by atoms with E-state index in [1.54, 1.807) is 34.6 Å². The molecule has 0 amide bonds. The van der Waals surface area contributed by atoms with Crippen molar-refractivity contribution < 1.29 is 32.0 Å². The number of hydrogen-bond acceptors (Lipinski definition) is 4. The first-order valence-electron chi connectivity index (χ1n) is 8.14. The molecule has 1 aliphatic rings. The molecule has 1 saturated heterocycles. The van der Waals surface area contributed by atoms with Gasteiger partial charge in [0.25, 0.3) is 0 Å². The van der Waals surface area contributed by atoms with E-state index in [4.69, 9.17) is 14.0 Å². The number of halogens is 3. The monoisotopic (exact) mass is 358 g/mol. The minimum atomic E-state index is -1.33. The maximum absolute atomic E-state index is 14.3. The van der Waals surface area contributed by atoms with Crippen molar-refractivity contribution in [3.63, 3.8) is 0 Å². The Kier molecular flexibility index (Phi) is 5.54. The molecule has 0 N–H and O–H groups in total. The van der Waals surface area contributed by atoms with Gasteiger partial charge in [0.1, 0.15) is 5.82 Å². The zero-order valence-corrected chi connectivity index (χ0v) is 15.0. The second-order valence-electron chi connectivity index (χ2n) is 7.03. The van der Waals surface area contributed by atoms with Crippen LogP contribution in [0.5, 0.6) is 0 Å². The van der Waals surface area contributed by atoms with Crippen molar-refractivity contribution in [1.82, 2.24) is 0 Å². The first-order chi connectivity index (χ1) is 11.5. The molecule has 0 aromatic heterocycles. The van der Waals surface area contributed by atoms with Crippen molar-refractivity contribution in [2.45, 2.75) is 58.1 Å². The van der Waals surface area contributed by atoms with Gasteiger partial charge in [-0.15, -0.1) is 0 Å². The van der Waals surface area contributed by atoms with Crippen molar-refractivity contribution in [2.24, 2.45) is 0 Å². The minimum Gasteiger partial charge on any atom is -0.466 e. The van der Waals surface area contributed by atoms with E-state index >= 15 is 0 Å². The summed E-state index contributed by atoms with van der Waals surface area (Å²) in [7, 11) is -1.05. The van der Waals surface area contributed by atoms with Gasteiger partial charge in [-0.2, -0.15) is 0 Å². The van der Waals surface area contributed by atoms with E-state index in [-0.39, 0.29) is 18.6 Å². The third-order valence-electron chi connectivity index (χ3n) is 4.71. The zero-order valence-electron chi connectivity index (χ0n) is 15.0. The molecule has 1 heterocycles. The first-order valence-corrected chi connectivity index (χ1v) is 8.14.